The third-order valence-corrected chi connectivity index (χ3v) is 7.25. The summed E-state index contributed by atoms with van der Waals surface area (Å²) < 4.78 is 34.2. The van der Waals surface area contributed by atoms with Crippen LogP contribution in [0.15, 0.2) is 53.4 Å². The number of carbonyl (C=O) groups excluding carboxylic acids is 1. The molecule has 1 atom stereocenters. The molecule has 2 aromatic carbocycles. The minimum Gasteiger partial charge on any atom is -0.492 e. The molecule has 1 aliphatic heterocycles. The summed E-state index contributed by atoms with van der Waals surface area (Å²) in [7, 11) is -3.97. The average molecular weight is 465 g/mol. The Balaban J connectivity index is 1.84. The summed E-state index contributed by atoms with van der Waals surface area (Å²) >= 11 is 6.19. The van der Waals surface area contributed by atoms with Gasteiger partial charge in [0.15, 0.2) is 0 Å². The second-order valence-corrected chi connectivity index (χ2v) is 10.0. The number of hydrogen-bond donors (Lipinski definition) is 1. The summed E-state index contributed by atoms with van der Waals surface area (Å²) in [6.07, 6.45) is 2.12. The van der Waals surface area contributed by atoms with Crippen LogP contribution in [-0.2, 0) is 21.2 Å². The van der Waals surface area contributed by atoms with Crippen LogP contribution < -0.4 is 9.46 Å². The first-order valence-corrected chi connectivity index (χ1v) is 12.4. The molecule has 1 amide bonds. The monoisotopic (exact) mass is 464 g/mol. The third kappa shape index (κ3) is 6.21. The first-order valence-electron chi connectivity index (χ1n) is 10.6. The van der Waals surface area contributed by atoms with Crippen LogP contribution in [-0.4, -0.2) is 45.0 Å². The van der Waals surface area contributed by atoms with Crippen LogP contribution in [0.5, 0.6) is 5.75 Å². The smallest absolute Gasteiger partial charge is 0.241 e. The highest BCUT2D eigenvalue weighted by atomic mass is 35.5. The molecular weight excluding hydrogens is 436 g/mol. The Bertz CT molecular complexity index is 990. The maximum absolute atomic E-state index is 13.3. The quantitative estimate of drug-likeness (QED) is 0.643. The largest absolute Gasteiger partial charge is 0.492 e. The molecule has 168 valence electrons. The van der Waals surface area contributed by atoms with Crippen LogP contribution in [0, 0.1) is 5.92 Å². The van der Waals surface area contributed by atoms with Crippen LogP contribution in [0.3, 0.4) is 0 Å². The number of rotatable bonds is 8. The maximum Gasteiger partial charge on any atom is 0.241 e. The van der Waals surface area contributed by atoms with E-state index in [0.717, 1.165) is 18.4 Å². The Labute approximate surface area is 189 Å². The van der Waals surface area contributed by atoms with Gasteiger partial charge in [0, 0.05) is 13.1 Å². The zero-order valence-electron chi connectivity index (χ0n) is 17.9. The second kappa shape index (κ2) is 10.5. The van der Waals surface area contributed by atoms with E-state index in [-0.39, 0.29) is 22.2 Å². The lowest BCUT2D eigenvalue weighted by Gasteiger charge is -2.33. The van der Waals surface area contributed by atoms with Gasteiger partial charge < -0.3 is 9.64 Å². The molecular formula is C23H29ClN2O4S. The molecule has 0 saturated carbocycles. The molecule has 0 aliphatic carbocycles. The number of hydrogen-bond acceptors (Lipinski definition) is 4. The number of piperidine rings is 1. The predicted octanol–water partition coefficient (Wildman–Crippen LogP) is 3.89. The number of carbonyl (C=O) groups is 1. The summed E-state index contributed by atoms with van der Waals surface area (Å²) in [6.45, 7) is 5.70. The van der Waals surface area contributed by atoms with Crippen LogP contribution in [0.1, 0.15) is 32.3 Å². The normalized spacial score (nSPS) is 16.2. The zero-order valence-corrected chi connectivity index (χ0v) is 19.5. The van der Waals surface area contributed by atoms with Gasteiger partial charge in [0.2, 0.25) is 15.9 Å². The van der Waals surface area contributed by atoms with E-state index in [4.69, 9.17) is 16.3 Å². The van der Waals surface area contributed by atoms with Gasteiger partial charge in [-0.1, -0.05) is 48.9 Å². The van der Waals surface area contributed by atoms with Gasteiger partial charge in [-0.3, -0.25) is 4.79 Å². The molecule has 8 heteroatoms. The van der Waals surface area contributed by atoms with E-state index in [1.165, 1.54) is 18.2 Å². The van der Waals surface area contributed by atoms with Gasteiger partial charge in [-0.2, -0.15) is 4.72 Å². The molecule has 1 N–H and O–H groups in total. The number of halogens is 1. The Morgan fingerprint density at radius 1 is 1.19 bits per heavy atom. The molecule has 1 fully saturated rings. The molecule has 1 heterocycles. The number of amides is 1. The Morgan fingerprint density at radius 3 is 2.48 bits per heavy atom. The first kappa shape index (κ1) is 23.6. The fourth-order valence-electron chi connectivity index (χ4n) is 3.66. The molecule has 0 aromatic heterocycles. The topological polar surface area (TPSA) is 75.7 Å². The van der Waals surface area contributed by atoms with E-state index >= 15 is 0 Å². The fourth-order valence-corrected chi connectivity index (χ4v) is 5.17. The van der Waals surface area contributed by atoms with E-state index in [9.17, 15) is 13.2 Å². The van der Waals surface area contributed by atoms with Crippen molar-refractivity contribution in [1.29, 1.82) is 0 Å². The molecule has 2 aromatic rings. The van der Waals surface area contributed by atoms with Crippen molar-refractivity contribution in [2.24, 2.45) is 5.92 Å². The summed E-state index contributed by atoms with van der Waals surface area (Å²) in [4.78, 5) is 15.0. The van der Waals surface area contributed by atoms with Crippen molar-refractivity contribution in [3.63, 3.8) is 0 Å². The zero-order chi connectivity index (χ0) is 22.4. The SMILES string of the molecule is CCOc1ccc(S(=O)(=O)N[C@H](Cc2ccccc2)C(=O)N2CCC(C)CC2)cc1Cl. The summed E-state index contributed by atoms with van der Waals surface area (Å²) in [6, 6.07) is 12.8. The molecule has 1 saturated heterocycles. The number of nitrogens with one attached hydrogen (secondary N) is 1. The van der Waals surface area contributed by atoms with Gasteiger partial charge in [0.25, 0.3) is 0 Å². The molecule has 0 radical (unpaired) electrons. The van der Waals surface area contributed by atoms with E-state index in [1.807, 2.05) is 37.3 Å². The van der Waals surface area contributed by atoms with Gasteiger partial charge >= 0.3 is 0 Å². The van der Waals surface area contributed by atoms with E-state index in [2.05, 4.69) is 11.6 Å². The minimum absolute atomic E-state index is 0.000851. The Hall–Kier alpha value is -2.09. The van der Waals surface area contributed by atoms with E-state index in [1.54, 1.807) is 4.90 Å². The molecule has 31 heavy (non-hydrogen) atoms. The molecule has 1 aliphatic rings. The number of sulfonamides is 1. The molecule has 3 rings (SSSR count). The Morgan fingerprint density at radius 2 is 1.87 bits per heavy atom. The lowest BCUT2D eigenvalue weighted by atomic mass is 9.98. The van der Waals surface area contributed by atoms with Gasteiger partial charge in [-0.05, 0) is 55.9 Å². The van der Waals surface area contributed by atoms with Crippen LogP contribution in [0.25, 0.3) is 0 Å². The van der Waals surface area contributed by atoms with Crippen molar-refractivity contribution in [2.75, 3.05) is 19.7 Å². The van der Waals surface area contributed by atoms with Crippen molar-refractivity contribution in [3.05, 3.63) is 59.1 Å². The molecule has 0 spiro atoms. The lowest BCUT2D eigenvalue weighted by Crippen LogP contribution is -2.51. The second-order valence-electron chi connectivity index (χ2n) is 7.90. The van der Waals surface area contributed by atoms with Crippen LogP contribution in [0.4, 0.5) is 0 Å². The number of benzene rings is 2. The molecule has 0 unspecified atom stereocenters. The van der Waals surface area contributed by atoms with Gasteiger partial charge in [-0.25, -0.2) is 8.42 Å². The fraction of sp³-hybridized carbons (Fsp3) is 0.435. The van der Waals surface area contributed by atoms with Crippen molar-refractivity contribution in [1.82, 2.24) is 9.62 Å². The van der Waals surface area contributed by atoms with Crippen molar-refractivity contribution in [3.8, 4) is 5.75 Å². The number of ether oxygens (including phenoxy) is 1. The highest BCUT2D eigenvalue weighted by molar-refractivity contribution is 7.89. The van der Waals surface area contributed by atoms with Crippen molar-refractivity contribution in [2.45, 2.75) is 44.0 Å². The molecule has 6 nitrogen and oxygen atoms in total. The number of nitrogens with zero attached hydrogens (tertiary/aromatic N) is 1. The highest BCUT2D eigenvalue weighted by Gasteiger charge is 2.31. The predicted molar refractivity (Wildman–Crippen MR) is 122 cm³/mol. The van der Waals surface area contributed by atoms with E-state index in [0.29, 0.717) is 31.4 Å². The third-order valence-electron chi connectivity index (χ3n) is 5.49. The first-order chi connectivity index (χ1) is 14.8. The molecule has 0 bridgehead atoms. The van der Waals surface area contributed by atoms with Gasteiger partial charge in [-0.15, -0.1) is 0 Å². The van der Waals surface area contributed by atoms with E-state index < -0.39 is 16.1 Å². The average Bonchev–Trinajstić information content (AvgIpc) is 2.75. The standard InChI is InChI=1S/C23H29ClN2O4S/c1-3-30-22-10-9-19(16-20(22)24)31(28,29)25-21(15-18-7-5-4-6-8-18)23(27)26-13-11-17(2)12-14-26/h4-10,16-17,21,25H,3,11-15H2,1-2H3/t21-/m1/s1. The maximum atomic E-state index is 13.3. The van der Waals surface area contributed by atoms with Crippen molar-refractivity contribution >= 4 is 27.5 Å². The summed E-state index contributed by atoms with van der Waals surface area (Å²) in [5.74, 6) is 0.790. The summed E-state index contributed by atoms with van der Waals surface area (Å²) in [5.41, 5.74) is 0.888. The van der Waals surface area contributed by atoms with Crippen LogP contribution >= 0.6 is 11.6 Å². The summed E-state index contributed by atoms with van der Waals surface area (Å²) in [5, 5.41) is 0.209. The van der Waals surface area contributed by atoms with Crippen LogP contribution in [0.2, 0.25) is 5.02 Å². The van der Waals surface area contributed by atoms with Gasteiger partial charge in [0.05, 0.1) is 16.5 Å². The van der Waals surface area contributed by atoms with Gasteiger partial charge in [0.1, 0.15) is 11.8 Å². The number of likely N-dealkylation sites (tertiary alicyclic amines) is 1. The Kier molecular flexibility index (Phi) is 7.97. The van der Waals surface area contributed by atoms with Crippen molar-refractivity contribution < 1.29 is 17.9 Å². The minimum atomic E-state index is -3.97. The highest BCUT2D eigenvalue weighted by Crippen LogP contribution is 2.27. The lowest BCUT2D eigenvalue weighted by molar-refractivity contribution is -0.134.